The van der Waals surface area contributed by atoms with Gasteiger partial charge < -0.3 is 14.7 Å². The van der Waals surface area contributed by atoms with Crippen molar-refractivity contribution < 1.29 is 14.6 Å². The van der Waals surface area contributed by atoms with E-state index in [1.807, 2.05) is 30.3 Å². The number of hydrogen-bond acceptors (Lipinski definition) is 4. The Hall–Kier alpha value is -1.43. The molecule has 1 aromatic rings. The van der Waals surface area contributed by atoms with Crippen LogP contribution in [-0.4, -0.2) is 62.9 Å². The van der Waals surface area contributed by atoms with Gasteiger partial charge in [0.1, 0.15) is 0 Å². The molecular weight excluding hydrogens is 244 g/mol. The van der Waals surface area contributed by atoms with Crippen molar-refractivity contribution in [1.29, 1.82) is 0 Å². The van der Waals surface area contributed by atoms with Gasteiger partial charge in [0.05, 0.1) is 19.3 Å². The average molecular weight is 266 g/mol. The summed E-state index contributed by atoms with van der Waals surface area (Å²) >= 11 is 0. The van der Waals surface area contributed by atoms with Gasteiger partial charge in [-0.05, 0) is 19.2 Å². The molecule has 0 bridgehead atoms. The molecule has 106 valence electrons. The number of ether oxygens (including phenoxy) is 1. The topological polar surface area (TPSA) is 53.0 Å². The van der Waals surface area contributed by atoms with Gasteiger partial charge in [0, 0.05) is 26.4 Å². The minimum atomic E-state index is -0.579. The van der Waals surface area contributed by atoms with Gasteiger partial charge in [0.15, 0.2) is 0 Å². The molecule has 0 aliphatic heterocycles. The second kappa shape index (κ2) is 7.89. The zero-order valence-electron chi connectivity index (χ0n) is 11.7. The summed E-state index contributed by atoms with van der Waals surface area (Å²) in [6.45, 7) is 0.932. The fraction of sp³-hybridized carbons (Fsp3) is 0.500. The van der Waals surface area contributed by atoms with E-state index >= 15 is 0 Å². The van der Waals surface area contributed by atoms with Crippen LogP contribution in [0.1, 0.15) is 0 Å². The molecule has 19 heavy (non-hydrogen) atoms. The van der Waals surface area contributed by atoms with Crippen molar-refractivity contribution in [3.63, 3.8) is 0 Å². The summed E-state index contributed by atoms with van der Waals surface area (Å²) in [5.41, 5.74) is 0.860. The van der Waals surface area contributed by atoms with Crippen LogP contribution < -0.4 is 4.90 Å². The number of rotatable bonds is 7. The number of para-hydroxylation sites is 1. The third kappa shape index (κ3) is 5.38. The van der Waals surface area contributed by atoms with Gasteiger partial charge in [-0.3, -0.25) is 9.69 Å². The van der Waals surface area contributed by atoms with E-state index in [1.54, 1.807) is 23.9 Å². The Morgan fingerprint density at radius 2 is 1.95 bits per heavy atom. The number of likely N-dealkylation sites (N-methyl/N-ethyl adjacent to an activating group) is 2. The highest BCUT2D eigenvalue weighted by Gasteiger charge is 2.15. The van der Waals surface area contributed by atoms with Crippen LogP contribution in [0, 0.1) is 0 Å². The second-order valence-corrected chi connectivity index (χ2v) is 4.59. The molecule has 0 aliphatic carbocycles. The minimum Gasteiger partial charge on any atom is -0.389 e. The van der Waals surface area contributed by atoms with Crippen LogP contribution in [0.5, 0.6) is 0 Å². The monoisotopic (exact) mass is 266 g/mol. The first kappa shape index (κ1) is 15.6. The Labute approximate surface area is 114 Å². The Morgan fingerprint density at radius 1 is 1.32 bits per heavy atom. The summed E-state index contributed by atoms with van der Waals surface area (Å²) in [5.74, 6) is -0.0154. The highest BCUT2D eigenvalue weighted by atomic mass is 16.5. The predicted molar refractivity (Wildman–Crippen MR) is 75.2 cm³/mol. The summed E-state index contributed by atoms with van der Waals surface area (Å²) in [7, 11) is 5.09. The van der Waals surface area contributed by atoms with Crippen LogP contribution in [0.15, 0.2) is 30.3 Å². The molecule has 0 saturated heterocycles. The van der Waals surface area contributed by atoms with Crippen LogP contribution in [0.3, 0.4) is 0 Å². The molecule has 0 fully saturated rings. The summed E-state index contributed by atoms with van der Waals surface area (Å²) in [6, 6.07) is 9.47. The summed E-state index contributed by atoms with van der Waals surface area (Å²) in [5, 5.41) is 9.60. The zero-order chi connectivity index (χ0) is 14.3. The van der Waals surface area contributed by atoms with Crippen molar-refractivity contribution in [3.05, 3.63) is 30.3 Å². The molecule has 1 aromatic carbocycles. The van der Waals surface area contributed by atoms with Gasteiger partial charge >= 0.3 is 0 Å². The summed E-state index contributed by atoms with van der Waals surface area (Å²) in [4.78, 5) is 15.5. The van der Waals surface area contributed by atoms with Crippen molar-refractivity contribution in [2.75, 3.05) is 45.8 Å². The van der Waals surface area contributed by atoms with Crippen molar-refractivity contribution >= 4 is 11.6 Å². The number of methoxy groups -OCH3 is 1. The molecule has 0 aromatic heterocycles. The molecule has 1 N–H and O–H groups in total. The Kier molecular flexibility index (Phi) is 6.49. The molecule has 0 radical (unpaired) electrons. The van der Waals surface area contributed by atoms with E-state index in [1.165, 1.54) is 7.11 Å². The van der Waals surface area contributed by atoms with E-state index in [2.05, 4.69) is 0 Å². The number of amides is 1. The Morgan fingerprint density at radius 3 is 2.53 bits per heavy atom. The molecule has 0 saturated carbocycles. The third-order valence-corrected chi connectivity index (χ3v) is 2.80. The normalized spacial score (nSPS) is 12.5. The lowest BCUT2D eigenvalue weighted by Crippen LogP contribution is -2.40. The van der Waals surface area contributed by atoms with E-state index in [0.717, 1.165) is 5.69 Å². The first-order valence-electron chi connectivity index (χ1n) is 6.21. The van der Waals surface area contributed by atoms with Gasteiger partial charge in [0.2, 0.25) is 5.91 Å². The standard InChI is InChI=1S/C14H22N2O3/c1-15(9-13(17)11-19-3)10-14(18)16(2)12-7-5-4-6-8-12/h4-8,13,17H,9-11H2,1-3H3. The molecule has 0 heterocycles. The number of anilines is 1. The molecule has 1 amide bonds. The van der Waals surface area contributed by atoms with Gasteiger partial charge in [-0.1, -0.05) is 18.2 Å². The molecule has 5 heteroatoms. The molecular formula is C14H22N2O3. The summed E-state index contributed by atoms with van der Waals surface area (Å²) < 4.78 is 4.85. The van der Waals surface area contributed by atoms with Crippen LogP contribution >= 0.6 is 0 Å². The molecule has 1 rings (SSSR count). The second-order valence-electron chi connectivity index (χ2n) is 4.59. The highest BCUT2D eigenvalue weighted by molar-refractivity contribution is 5.94. The van der Waals surface area contributed by atoms with E-state index in [4.69, 9.17) is 4.74 Å². The van der Waals surface area contributed by atoms with Gasteiger partial charge in [-0.2, -0.15) is 0 Å². The van der Waals surface area contributed by atoms with E-state index < -0.39 is 6.10 Å². The van der Waals surface area contributed by atoms with Gasteiger partial charge in [-0.25, -0.2) is 0 Å². The van der Waals surface area contributed by atoms with Crippen LogP contribution in [-0.2, 0) is 9.53 Å². The maximum Gasteiger partial charge on any atom is 0.240 e. The predicted octanol–water partition coefficient (Wildman–Crippen LogP) is 0.589. The summed E-state index contributed by atoms with van der Waals surface area (Å²) in [6.07, 6.45) is -0.579. The SMILES string of the molecule is COCC(O)CN(C)CC(=O)N(C)c1ccccc1. The fourth-order valence-corrected chi connectivity index (χ4v) is 1.80. The number of aliphatic hydroxyl groups is 1. The maximum absolute atomic E-state index is 12.1. The van der Waals surface area contributed by atoms with E-state index in [-0.39, 0.29) is 19.1 Å². The number of aliphatic hydroxyl groups excluding tert-OH is 1. The van der Waals surface area contributed by atoms with E-state index in [0.29, 0.717) is 6.54 Å². The Balaban J connectivity index is 2.46. The van der Waals surface area contributed by atoms with Gasteiger partial charge in [-0.15, -0.1) is 0 Å². The van der Waals surface area contributed by atoms with Crippen molar-refractivity contribution in [2.45, 2.75) is 6.10 Å². The van der Waals surface area contributed by atoms with Crippen LogP contribution in [0.4, 0.5) is 5.69 Å². The van der Waals surface area contributed by atoms with E-state index in [9.17, 15) is 9.90 Å². The molecule has 0 spiro atoms. The minimum absolute atomic E-state index is 0.0154. The lowest BCUT2D eigenvalue weighted by Gasteiger charge is -2.23. The fourth-order valence-electron chi connectivity index (χ4n) is 1.80. The third-order valence-electron chi connectivity index (χ3n) is 2.80. The van der Waals surface area contributed by atoms with Crippen molar-refractivity contribution in [1.82, 2.24) is 4.90 Å². The lowest BCUT2D eigenvalue weighted by atomic mass is 10.3. The number of benzene rings is 1. The molecule has 1 atom stereocenters. The quantitative estimate of drug-likeness (QED) is 0.785. The molecule has 5 nitrogen and oxygen atoms in total. The van der Waals surface area contributed by atoms with Crippen molar-refractivity contribution in [3.8, 4) is 0 Å². The first-order valence-corrected chi connectivity index (χ1v) is 6.21. The number of hydrogen-bond donors (Lipinski definition) is 1. The van der Waals surface area contributed by atoms with Crippen LogP contribution in [0.2, 0.25) is 0 Å². The highest BCUT2D eigenvalue weighted by Crippen LogP contribution is 2.11. The average Bonchev–Trinajstić information content (AvgIpc) is 2.38. The first-order chi connectivity index (χ1) is 9.04. The zero-order valence-corrected chi connectivity index (χ0v) is 11.7. The maximum atomic E-state index is 12.1. The van der Waals surface area contributed by atoms with Gasteiger partial charge in [0.25, 0.3) is 0 Å². The lowest BCUT2D eigenvalue weighted by molar-refractivity contribution is -0.119. The van der Waals surface area contributed by atoms with Crippen molar-refractivity contribution in [2.24, 2.45) is 0 Å². The number of carbonyl (C=O) groups excluding carboxylic acids is 1. The Bertz CT molecular complexity index is 384. The number of carbonyl (C=O) groups is 1. The van der Waals surface area contributed by atoms with Crippen LogP contribution in [0.25, 0.3) is 0 Å². The largest absolute Gasteiger partial charge is 0.389 e. The number of nitrogens with zero attached hydrogens (tertiary/aromatic N) is 2. The molecule has 0 aliphatic rings. The molecule has 1 unspecified atom stereocenters. The smallest absolute Gasteiger partial charge is 0.240 e.